The summed E-state index contributed by atoms with van der Waals surface area (Å²) in [5, 5.41) is 9.32. The van der Waals surface area contributed by atoms with Crippen molar-refractivity contribution >= 4 is 22.8 Å². The molecule has 0 amide bonds. The van der Waals surface area contributed by atoms with Crippen LogP contribution in [0.1, 0.15) is 285 Å². The number of carbonyl (C=O) groups is 2. The minimum absolute atomic E-state index is 0.0934. The maximum atomic E-state index is 11.6. The Morgan fingerprint density at radius 1 is 0.327 bits per heavy atom. The van der Waals surface area contributed by atoms with E-state index in [4.69, 9.17) is 11.6 Å². The molecule has 0 aromatic carbocycles. The molecule has 0 spiro atoms. The quantitative estimate of drug-likeness (QED) is 0.0499. The maximum Gasteiger partial charge on any atom is 0.306 e. The smallest absolute Gasteiger partial charge is 0.306 e. The van der Waals surface area contributed by atoms with Gasteiger partial charge in [-0.05, 0) is 37.3 Å². The highest BCUT2D eigenvalue weighted by Crippen LogP contribution is 2.23. The average Bonchev–Trinajstić information content (AvgIpc) is 3.13. The summed E-state index contributed by atoms with van der Waals surface area (Å²) in [5.74, 6) is -0.543. The number of halogens is 1. The minimum Gasteiger partial charge on any atom is -0.481 e. The summed E-state index contributed by atoms with van der Waals surface area (Å²) < 4.78 is 0. The molecule has 3 nitrogen and oxygen atoms in total. The van der Waals surface area contributed by atoms with Gasteiger partial charge in [0.15, 0.2) is 0 Å². The fourth-order valence-corrected chi connectivity index (χ4v) is 7.79. The summed E-state index contributed by atoms with van der Waals surface area (Å²) in [6.45, 7) is 9.05. The Morgan fingerprint density at radius 2 is 0.500 bits per heavy atom. The molecule has 0 aliphatic heterocycles. The molecule has 0 saturated heterocycles. The first-order chi connectivity index (χ1) is 25.4. The van der Waals surface area contributed by atoms with Crippen molar-refractivity contribution < 1.29 is 14.7 Å². The van der Waals surface area contributed by atoms with Crippen LogP contribution in [0.4, 0.5) is 0 Å². The van der Waals surface area contributed by atoms with E-state index in [2.05, 4.69) is 27.7 Å². The van der Waals surface area contributed by atoms with E-state index in [9.17, 15) is 14.7 Å². The van der Waals surface area contributed by atoms with Crippen LogP contribution in [-0.4, -0.2) is 16.3 Å². The van der Waals surface area contributed by atoms with Crippen molar-refractivity contribution in [3.05, 3.63) is 0 Å². The van der Waals surface area contributed by atoms with Gasteiger partial charge in [0.05, 0.1) is 5.92 Å². The fourth-order valence-electron chi connectivity index (χ4n) is 7.57. The van der Waals surface area contributed by atoms with Crippen molar-refractivity contribution in [2.75, 3.05) is 0 Å². The molecule has 0 radical (unpaired) electrons. The zero-order valence-corrected chi connectivity index (χ0v) is 36.8. The predicted octanol–water partition coefficient (Wildman–Crippen LogP) is 17.7. The molecule has 4 heteroatoms. The number of carboxylic acids is 1. The number of unbranched alkanes of at least 4 members (excludes halogenated alkanes) is 32. The van der Waals surface area contributed by atoms with Gasteiger partial charge in [-0.2, -0.15) is 0 Å². The molecule has 0 aromatic heterocycles. The molecule has 0 rings (SSSR count). The topological polar surface area (TPSA) is 54.4 Å². The maximum absolute atomic E-state index is 11.6. The molecule has 0 bridgehead atoms. The van der Waals surface area contributed by atoms with Gasteiger partial charge in [-0.3, -0.25) is 9.59 Å². The summed E-state index contributed by atoms with van der Waals surface area (Å²) >= 11 is 5.83. The lowest BCUT2D eigenvalue weighted by Crippen LogP contribution is -2.13. The second kappa shape index (κ2) is 46.6. The molecular weight excluding hydrogens is 660 g/mol. The van der Waals surface area contributed by atoms with Gasteiger partial charge in [0, 0.05) is 5.92 Å². The van der Waals surface area contributed by atoms with Gasteiger partial charge in [0.25, 0.3) is 0 Å². The van der Waals surface area contributed by atoms with Crippen molar-refractivity contribution in [1.82, 2.24) is 0 Å². The summed E-state index contributed by atoms with van der Waals surface area (Å²) in [4.78, 5) is 23.1. The highest BCUT2D eigenvalue weighted by atomic mass is 35.5. The Kier molecular flexibility index (Phi) is 48.0. The van der Waals surface area contributed by atoms with Gasteiger partial charge < -0.3 is 5.11 Å². The second-order valence-electron chi connectivity index (χ2n) is 16.5. The van der Waals surface area contributed by atoms with E-state index in [1.807, 2.05) is 0 Å². The second-order valence-corrected chi connectivity index (χ2v) is 16.9. The zero-order chi connectivity index (χ0) is 38.6. The molecular formula is C48H95ClO3. The molecule has 2 atom stereocenters. The Hall–Kier alpha value is -0.570. The van der Waals surface area contributed by atoms with Gasteiger partial charge >= 0.3 is 5.97 Å². The molecule has 52 heavy (non-hydrogen) atoms. The lowest BCUT2D eigenvalue weighted by atomic mass is 9.94. The van der Waals surface area contributed by atoms with Crippen molar-refractivity contribution in [3.8, 4) is 0 Å². The van der Waals surface area contributed by atoms with E-state index in [1.165, 1.54) is 218 Å². The van der Waals surface area contributed by atoms with E-state index < -0.39 is 5.97 Å². The summed E-state index contributed by atoms with van der Waals surface area (Å²) in [7, 11) is 0. The third kappa shape index (κ3) is 43.8. The van der Waals surface area contributed by atoms with Gasteiger partial charge in [-0.25, -0.2) is 0 Å². The number of rotatable bonds is 42. The number of carbonyl (C=O) groups excluding carboxylic acids is 1. The summed E-state index contributed by atoms with van der Waals surface area (Å²) in [5.41, 5.74) is 0. The molecule has 2 unspecified atom stereocenters. The summed E-state index contributed by atoms with van der Waals surface area (Å²) in [6.07, 6.45) is 51.4. The van der Waals surface area contributed by atoms with E-state index >= 15 is 0 Å². The van der Waals surface area contributed by atoms with Crippen molar-refractivity contribution in [2.45, 2.75) is 285 Å². The van der Waals surface area contributed by atoms with Crippen LogP contribution in [0, 0.1) is 11.8 Å². The molecule has 0 fully saturated rings. The van der Waals surface area contributed by atoms with Crippen LogP contribution in [0.3, 0.4) is 0 Å². The predicted molar refractivity (Wildman–Crippen MR) is 233 cm³/mol. The lowest BCUT2D eigenvalue weighted by Gasteiger charge is -2.12. The van der Waals surface area contributed by atoms with Crippen LogP contribution < -0.4 is 0 Å². The van der Waals surface area contributed by atoms with Crippen LogP contribution in [0.2, 0.25) is 0 Å². The third-order valence-electron chi connectivity index (χ3n) is 11.3. The fraction of sp³-hybridized carbons (Fsp3) is 0.958. The Bertz CT molecular complexity index is 637. The SMILES string of the molecule is CCCCCCCCCCCCC(CCCCCCCCCC)C(=O)Cl.CCCCCCCCCCCCC(CCCCCCCCCC)C(=O)O. The minimum atomic E-state index is -0.566. The highest BCUT2D eigenvalue weighted by Gasteiger charge is 2.16. The first-order valence-electron chi connectivity index (χ1n) is 23.9. The highest BCUT2D eigenvalue weighted by molar-refractivity contribution is 6.63. The lowest BCUT2D eigenvalue weighted by molar-refractivity contribution is -0.142. The standard InChI is InChI=1S/C24H47ClO.C24H48O2/c2*1-3-5-7-9-11-13-14-16-18-20-22-23(24(25)26)21-19-17-15-12-10-8-6-4-2/h23H,3-22H2,1-2H3;23H,3-22H2,1-2H3,(H,25,26). The Morgan fingerprint density at radius 3 is 0.673 bits per heavy atom. The van der Waals surface area contributed by atoms with Crippen LogP contribution in [-0.2, 0) is 9.59 Å². The van der Waals surface area contributed by atoms with Crippen LogP contribution in [0.25, 0.3) is 0 Å². The molecule has 0 aromatic rings. The van der Waals surface area contributed by atoms with Crippen molar-refractivity contribution in [3.63, 3.8) is 0 Å². The van der Waals surface area contributed by atoms with E-state index in [-0.39, 0.29) is 17.1 Å². The van der Waals surface area contributed by atoms with Gasteiger partial charge in [-0.15, -0.1) is 0 Å². The van der Waals surface area contributed by atoms with Crippen LogP contribution in [0.15, 0.2) is 0 Å². The molecule has 0 saturated carbocycles. The van der Waals surface area contributed by atoms with Gasteiger partial charge in [0.2, 0.25) is 5.24 Å². The number of hydrogen-bond acceptors (Lipinski definition) is 2. The van der Waals surface area contributed by atoms with Crippen molar-refractivity contribution in [2.24, 2.45) is 11.8 Å². The van der Waals surface area contributed by atoms with E-state index in [0.29, 0.717) is 0 Å². The van der Waals surface area contributed by atoms with E-state index in [1.54, 1.807) is 0 Å². The first kappa shape index (κ1) is 53.5. The number of carboxylic acid groups (broad SMARTS) is 1. The van der Waals surface area contributed by atoms with Crippen molar-refractivity contribution in [1.29, 1.82) is 0 Å². The normalized spacial score (nSPS) is 12.4. The molecule has 0 heterocycles. The van der Waals surface area contributed by atoms with Gasteiger partial charge in [-0.1, -0.05) is 259 Å². The largest absolute Gasteiger partial charge is 0.481 e. The number of aliphatic carboxylic acids is 1. The monoisotopic (exact) mass is 755 g/mol. The molecule has 1 N–H and O–H groups in total. The average molecular weight is 756 g/mol. The van der Waals surface area contributed by atoms with E-state index in [0.717, 1.165) is 38.5 Å². The Balaban J connectivity index is 0. The molecule has 0 aliphatic carbocycles. The molecule has 0 aliphatic rings. The zero-order valence-electron chi connectivity index (χ0n) is 36.1. The van der Waals surface area contributed by atoms with Crippen LogP contribution in [0.5, 0.6) is 0 Å². The molecule has 312 valence electrons. The Labute approximate surface area is 332 Å². The number of hydrogen-bond donors (Lipinski definition) is 1. The summed E-state index contributed by atoms with van der Waals surface area (Å²) in [6, 6.07) is 0. The first-order valence-corrected chi connectivity index (χ1v) is 24.2. The third-order valence-corrected chi connectivity index (χ3v) is 11.6. The van der Waals surface area contributed by atoms with Gasteiger partial charge in [0.1, 0.15) is 0 Å². The van der Waals surface area contributed by atoms with Crippen LogP contribution >= 0.6 is 11.6 Å².